The molecule has 0 fully saturated rings. The first kappa shape index (κ1) is 12.7. The number of hydrogen-bond acceptors (Lipinski definition) is 4. The van der Waals surface area contributed by atoms with Gasteiger partial charge in [-0.05, 0) is 24.6 Å². The number of aromatic nitrogens is 4. The van der Waals surface area contributed by atoms with Crippen LogP contribution in [0.5, 0.6) is 0 Å². The lowest BCUT2D eigenvalue weighted by Crippen LogP contribution is -2.11. The van der Waals surface area contributed by atoms with Gasteiger partial charge in [0, 0.05) is 17.1 Å². The Balaban J connectivity index is 1.87. The minimum Gasteiger partial charge on any atom is -0.363 e. The molecule has 3 rings (SSSR count). The molecule has 2 heterocycles. The highest BCUT2D eigenvalue weighted by molar-refractivity contribution is 6.30. The smallest absolute Gasteiger partial charge is 0.348 e. The molecule has 2 aromatic heterocycles. The number of nitrogens with one attached hydrogen (secondary N) is 2. The number of nitrogens with zero attached hydrogens (tertiary/aromatic N) is 3. The first-order valence-corrected chi connectivity index (χ1v) is 6.46. The molecule has 0 radical (unpaired) electrons. The zero-order valence-corrected chi connectivity index (χ0v) is 11.4. The molecule has 0 amide bonds. The van der Waals surface area contributed by atoms with Gasteiger partial charge in [-0.15, -0.1) is 0 Å². The minimum absolute atomic E-state index is 0.0364. The Morgan fingerprint density at radius 3 is 3.05 bits per heavy atom. The Bertz CT molecular complexity index is 810. The van der Waals surface area contributed by atoms with Gasteiger partial charge in [-0.2, -0.15) is 5.10 Å². The topological polar surface area (TPSA) is 75.1 Å². The van der Waals surface area contributed by atoms with Gasteiger partial charge < -0.3 is 5.32 Å². The molecule has 0 saturated heterocycles. The van der Waals surface area contributed by atoms with E-state index in [9.17, 15) is 4.79 Å². The summed E-state index contributed by atoms with van der Waals surface area (Å²) in [6.07, 6.45) is 1.44. The number of anilines is 1. The van der Waals surface area contributed by atoms with Gasteiger partial charge in [-0.25, -0.2) is 19.3 Å². The van der Waals surface area contributed by atoms with E-state index in [1.807, 2.05) is 31.2 Å². The van der Waals surface area contributed by atoms with Gasteiger partial charge in [0.05, 0.1) is 0 Å². The van der Waals surface area contributed by atoms with Crippen molar-refractivity contribution in [3.63, 3.8) is 0 Å². The molecule has 0 spiro atoms. The van der Waals surface area contributed by atoms with Crippen LogP contribution in [0.4, 0.5) is 5.82 Å². The van der Waals surface area contributed by atoms with Gasteiger partial charge in [0.2, 0.25) is 0 Å². The van der Waals surface area contributed by atoms with Gasteiger partial charge in [0.1, 0.15) is 12.1 Å². The molecule has 102 valence electrons. The van der Waals surface area contributed by atoms with Crippen LogP contribution in [0.25, 0.3) is 5.65 Å². The van der Waals surface area contributed by atoms with Crippen LogP contribution < -0.4 is 11.0 Å². The summed E-state index contributed by atoms with van der Waals surface area (Å²) >= 11 is 5.98. The van der Waals surface area contributed by atoms with E-state index in [1.54, 1.807) is 6.07 Å². The maximum absolute atomic E-state index is 11.3. The number of hydrogen-bond donors (Lipinski definition) is 2. The summed E-state index contributed by atoms with van der Waals surface area (Å²) in [5.74, 6) is 0.643. The van der Waals surface area contributed by atoms with Crippen LogP contribution in [0.2, 0.25) is 5.02 Å². The molecule has 0 bridgehead atoms. The minimum atomic E-state index is -0.304. The number of aromatic amines is 1. The molecule has 1 unspecified atom stereocenters. The van der Waals surface area contributed by atoms with Gasteiger partial charge in [0.25, 0.3) is 0 Å². The first-order chi connectivity index (χ1) is 9.63. The Hall–Kier alpha value is -2.34. The van der Waals surface area contributed by atoms with E-state index in [4.69, 9.17) is 11.6 Å². The maximum Gasteiger partial charge on any atom is 0.348 e. The predicted octanol–water partition coefficient (Wildman–Crippen LogP) is 2.24. The summed E-state index contributed by atoms with van der Waals surface area (Å²) in [7, 11) is 0. The molecule has 0 aliphatic rings. The average molecular weight is 290 g/mol. The molecular formula is C13H12ClN5O. The van der Waals surface area contributed by atoms with Crippen LogP contribution in [0.15, 0.2) is 41.5 Å². The molecule has 20 heavy (non-hydrogen) atoms. The number of fused-ring (bicyclic) bond motifs is 1. The summed E-state index contributed by atoms with van der Waals surface area (Å²) in [5, 5.41) is 10.2. The summed E-state index contributed by atoms with van der Waals surface area (Å²) in [5.41, 5.74) is 1.27. The highest BCUT2D eigenvalue weighted by atomic mass is 35.5. The van der Waals surface area contributed by atoms with E-state index in [0.29, 0.717) is 16.5 Å². The molecule has 0 aliphatic carbocycles. The Morgan fingerprint density at radius 1 is 1.40 bits per heavy atom. The van der Waals surface area contributed by atoms with Crippen molar-refractivity contribution in [2.45, 2.75) is 13.0 Å². The zero-order chi connectivity index (χ0) is 14.1. The molecule has 7 heteroatoms. The van der Waals surface area contributed by atoms with Gasteiger partial charge in [0.15, 0.2) is 5.65 Å². The summed E-state index contributed by atoms with van der Waals surface area (Å²) in [6.45, 7) is 2.01. The lowest BCUT2D eigenvalue weighted by atomic mass is 10.1. The highest BCUT2D eigenvalue weighted by Crippen LogP contribution is 2.20. The van der Waals surface area contributed by atoms with E-state index in [2.05, 4.69) is 20.5 Å². The monoisotopic (exact) mass is 289 g/mol. The molecule has 0 saturated carbocycles. The molecule has 3 aromatic rings. The fraction of sp³-hybridized carbons (Fsp3) is 0.154. The zero-order valence-electron chi connectivity index (χ0n) is 10.7. The second-order valence-electron chi connectivity index (χ2n) is 4.45. The van der Waals surface area contributed by atoms with E-state index in [0.717, 1.165) is 5.56 Å². The average Bonchev–Trinajstić information content (AvgIpc) is 2.80. The highest BCUT2D eigenvalue weighted by Gasteiger charge is 2.08. The fourth-order valence-electron chi connectivity index (χ4n) is 1.97. The van der Waals surface area contributed by atoms with Crippen LogP contribution in [0, 0.1) is 0 Å². The number of H-pyrrole nitrogens is 1. The maximum atomic E-state index is 11.3. The molecular weight excluding hydrogens is 278 g/mol. The van der Waals surface area contributed by atoms with Crippen molar-refractivity contribution in [3.8, 4) is 0 Å². The van der Waals surface area contributed by atoms with Gasteiger partial charge in [-0.1, -0.05) is 23.7 Å². The number of halogens is 1. The normalized spacial score (nSPS) is 12.5. The Morgan fingerprint density at radius 2 is 2.25 bits per heavy atom. The van der Waals surface area contributed by atoms with Crippen molar-refractivity contribution in [2.75, 3.05) is 5.32 Å². The van der Waals surface area contributed by atoms with Crippen LogP contribution in [-0.4, -0.2) is 19.6 Å². The summed E-state index contributed by atoms with van der Waals surface area (Å²) in [4.78, 5) is 15.5. The van der Waals surface area contributed by atoms with E-state index >= 15 is 0 Å². The molecule has 1 atom stereocenters. The Labute approximate surface area is 119 Å². The second kappa shape index (κ2) is 4.97. The number of benzene rings is 1. The van der Waals surface area contributed by atoms with Crippen molar-refractivity contribution in [1.29, 1.82) is 0 Å². The quantitative estimate of drug-likeness (QED) is 0.775. The SMILES string of the molecule is CC(Nc1cc2n[nH]c(=O)n2cn1)c1cccc(Cl)c1. The van der Waals surface area contributed by atoms with Crippen LogP contribution >= 0.6 is 11.6 Å². The molecule has 1 aromatic carbocycles. The van der Waals surface area contributed by atoms with Crippen LogP contribution in [0.1, 0.15) is 18.5 Å². The van der Waals surface area contributed by atoms with Crippen LogP contribution in [0.3, 0.4) is 0 Å². The summed E-state index contributed by atoms with van der Waals surface area (Å²) in [6, 6.07) is 9.36. The molecule has 6 nitrogen and oxygen atoms in total. The lowest BCUT2D eigenvalue weighted by Gasteiger charge is -2.15. The van der Waals surface area contributed by atoms with Crippen molar-refractivity contribution in [3.05, 3.63) is 57.7 Å². The van der Waals surface area contributed by atoms with Crippen molar-refractivity contribution < 1.29 is 0 Å². The van der Waals surface area contributed by atoms with Gasteiger partial charge in [-0.3, -0.25) is 0 Å². The summed E-state index contributed by atoms with van der Waals surface area (Å²) < 4.78 is 1.34. The number of rotatable bonds is 3. The molecule has 2 N–H and O–H groups in total. The van der Waals surface area contributed by atoms with Crippen molar-refractivity contribution in [1.82, 2.24) is 19.6 Å². The fourth-order valence-corrected chi connectivity index (χ4v) is 2.17. The standard InChI is InChI=1S/C13H12ClN5O/c1-8(9-3-2-4-10(14)5-9)16-11-6-12-17-18-13(20)19(12)7-15-11/h2-8,16H,1H3,(H,18,20). The van der Waals surface area contributed by atoms with Crippen molar-refractivity contribution in [2.24, 2.45) is 0 Å². The third kappa shape index (κ3) is 2.37. The second-order valence-corrected chi connectivity index (χ2v) is 4.89. The van der Waals surface area contributed by atoms with E-state index in [1.165, 1.54) is 10.7 Å². The predicted molar refractivity (Wildman–Crippen MR) is 77.1 cm³/mol. The van der Waals surface area contributed by atoms with Gasteiger partial charge >= 0.3 is 5.69 Å². The van der Waals surface area contributed by atoms with Crippen LogP contribution in [-0.2, 0) is 0 Å². The largest absolute Gasteiger partial charge is 0.363 e. The van der Waals surface area contributed by atoms with Crippen molar-refractivity contribution >= 4 is 23.1 Å². The lowest BCUT2D eigenvalue weighted by molar-refractivity contribution is 0.869. The third-order valence-corrected chi connectivity index (χ3v) is 3.26. The van der Waals surface area contributed by atoms with E-state index in [-0.39, 0.29) is 11.7 Å². The molecule has 0 aliphatic heterocycles. The Kier molecular flexibility index (Phi) is 3.15. The first-order valence-electron chi connectivity index (χ1n) is 6.08. The van der Waals surface area contributed by atoms with E-state index < -0.39 is 0 Å². The third-order valence-electron chi connectivity index (χ3n) is 3.02.